The second-order valence-corrected chi connectivity index (χ2v) is 7.36. The maximum absolute atomic E-state index is 12.0. The third-order valence-electron chi connectivity index (χ3n) is 4.85. The van der Waals surface area contributed by atoms with Gasteiger partial charge in [0.1, 0.15) is 5.69 Å². The highest BCUT2D eigenvalue weighted by Gasteiger charge is 2.24. The molecule has 0 atom stereocenters. The van der Waals surface area contributed by atoms with E-state index in [2.05, 4.69) is 0 Å². The Morgan fingerprint density at radius 1 is 0.900 bits per heavy atom. The lowest BCUT2D eigenvalue weighted by atomic mass is 10.0. The number of carbonyl (C=O) groups is 1. The molecule has 150 valence electrons. The third kappa shape index (κ3) is 3.82. The van der Waals surface area contributed by atoms with Crippen LogP contribution < -0.4 is 10.5 Å². The molecule has 3 aromatic carbocycles. The van der Waals surface area contributed by atoms with Crippen molar-refractivity contribution in [3.63, 3.8) is 0 Å². The lowest BCUT2D eigenvalue weighted by Crippen LogP contribution is -2.08. The summed E-state index contributed by atoms with van der Waals surface area (Å²) in [5, 5.41) is 4.88. The lowest BCUT2D eigenvalue weighted by molar-refractivity contribution is -0.132. The van der Waals surface area contributed by atoms with E-state index >= 15 is 0 Å². The standard InChI is InChI=1S/C25H23N3O2/c1-16-7-9-20(10-8-16)24-23(19-11-13-21(26)14-12-19)25(30-18(3)29)28(27-24)22-6-4-5-17(2)15-22/h4-15H,26H2,1-3H3. The van der Waals surface area contributed by atoms with E-state index in [1.54, 1.807) is 4.68 Å². The minimum absolute atomic E-state index is 0.383. The van der Waals surface area contributed by atoms with E-state index in [0.29, 0.717) is 11.6 Å². The average Bonchev–Trinajstić information content (AvgIpc) is 3.07. The highest BCUT2D eigenvalue weighted by molar-refractivity contribution is 5.87. The van der Waals surface area contributed by atoms with E-state index < -0.39 is 5.97 Å². The highest BCUT2D eigenvalue weighted by atomic mass is 16.5. The number of ether oxygens (including phenoxy) is 1. The van der Waals surface area contributed by atoms with E-state index in [1.165, 1.54) is 6.92 Å². The normalized spacial score (nSPS) is 10.8. The Bertz CT molecular complexity index is 1210. The van der Waals surface area contributed by atoms with Crippen molar-refractivity contribution < 1.29 is 9.53 Å². The van der Waals surface area contributed by atoms with Gasteiger partial charge in [-0.25, -0.2) is 0 Å². The molecule has 1 heterocycles. The highest BCUT2D eigenvalue weighted by Crippen LogP contribution is 2.41. The summed E-state index contributed by atoms with van der Waals surface area (Å²) in [5.41, 5.74) is 12.9. The van der Waals surface area contributed by atoms with Crippen molar-refractivity contribution in [2.24, 2.45) is 0 Å². The van der Waals surface area contributed by atoms with Crippen LogP contribution in [0.15, 0.2) is 72.8 Å². The molecule has 0 aliphatic rings. The van der Waals surface area contributed by atoms with Crippen LogP contribution in [0.1, 0.15) is 18.1 Å². The van der Waals surface area contributed by atoms with Crippen LogP contribution in [-0.4, -0.2) is 15.7 Å². The number of nitrogen functional groups attached to an aromatic ring is 1. The molecular weight excluding hydrogens is 374 g/mol. The first-order valence-corrected chi connectivity index (χ1v) is 9.74. The molecule has 0 aliphatic carbocycles. The van der Waals surface area contributed by atoms with Crippen molar-refractivity contribution >= 4 is 11.7 Å². The molecular formula is C25H23N3O2. The van der Waals surface area contributed by atoms with Gasteiger partial charge in [-0.3, -0.25) is 4.79 Å². The molecule has 2 N–H and O–H groups in total. The lowest BCUT2D eigenvalue weighted by Gasteiger charge is -2.10. The molecule has 4 aromatic rings. The first-order chi connectivity index (χ1) is 14.4. The van der Waals surface area contributed by atoms with Crippen LogP contribution in [0.5, 0.6) is 5.88 Å². The molecule has 5 heteroatoms. The summed E-state index contributed by atoms with van der Waals surface area (Å²) in [5.74, 6) is -0.0237. The van der Waals surface area contributed by atoms with E-state index in [1.807, 2.05) is 86.6 Å². The largest absolute Gasteiger partial charge is 0.407 e. The summed E-state index contributed by atoms with van der Waals surface area (Å²) in [4.78, 5) is 12.0. The molecule has 0 amide bonds. The van der Waals surface area contributed by atoms with Gasteiger partial charge in [0.05, 0.1) is 11.3 Å². The number of hydrogen-bond donors (Lipinski definition) is 1. The summed E-state index contributed by atoms with van der Waals surface area (Å²) < 4.78 is 7.40. The predicted molar refractivity (Wildman–Crippen MR) is 120 cm³/mol. The van der Waals surface area contributed by atoms with Gasteiger partial charge in [-0.2, -0.15) is 9.78 Å². The fraction of sp³-hybridized carbons (Fsp3) is 0.120. The maximum Gasteiger partial charge on any atom is 0.309 e. The molecule has 0 spiro atoms. The van der Waals surface area contributed by atoms with Gasteiger partial charge in [0.15, 0.2) is 0 Å². The molecule has 30 heavy (non-hydrogen) atoms. The zero-order chi connectivity index (χ0) is 21.3. The number of rotatable bonds is 4. The van der Waals surface area contributed by atoms with E-state index in [9.17, 15) is 4.79 Å². The van der Waals surface area contributed by atoms with Crippen LogP contribution in [0.2, 0.25) is 0 Å². The first kappa shape index (κ1) is 19.5. The van der Waals surface area contributed by atoms with Crippen LogP contribution in [0.25, 0.3) is 28.1 Å². The van der Waals surface area contributed by atoms with E-state index in [4.69, 9.17) is 15.6 Å². The molecule has 1 aromatic heterocycles. The maximum atomic E-state index is 12.0. The summed E-state index contributed by atoms with van der Waals surface area (Å²) in [6.07, 6.45) is 0. The van der Waals surface area contributed by atoms with Gasteiger partial charge in [0.25, 0.3) is 0 Å². The quantitative estimate of drug-likeness (QED) is 0.373. The van der Waals surface area contributed by atoms with Gasteiger partial charge in [-0.05, 0) is 49.2 Å². The van der Waals surface area contributed by atoms with Gasteiger partial charge < -0.3 is 10.5 Å². The monoisotopic (exact) mass is 397 g/mol. The SMILES string of the molecule is CC(=O)Oc1c(-c2ccc(N)cc2)c(-c2ccc(C)cc2)nn1-c1cccc(C)c1. The number of nitrogens with zero attached hydrogens (tertiary/aromatic N) is 2. The summed E-state index contributed by atoms with van der Waals surface area (Å²) in [6, 6.07) is 23.5. The molecule has 0 saturated heterocycles. The zero-order valence-corrected chi connectivity index (χ0v) is 17.2. The number of aryl methyl sites for hydroxylation is 2. The summed E-state index contributed by atoms with van der Waals surface area (Å²) in [7, 11) is 0. The fourth-order valence-electron chi connectivity index (χ4n) is 3.39. The third-order valence-corrected chi connectivity index (χ3v) is 4.85. The van der Waals surface area contributed by atoms with Crippen LogP contribution in [0.4, 0.5) is 5.69 Å². The second-order valence-electron chi connectivity index (χ2n) is 7.36. The van der Waals surface area contributed by atoms with Crippen LogP contribution in [-0.2, 0) is 4.79 Å². The Balaban J connectivity index is 2.04. The number of carbonyl (C=O) groups excluding carboxylic acids is 1. The average molecular weight is 397 g/mol. The minimum atomic E-state index is -0.407. The van der Waals surface area contributed by atoms with Gasteiger partial charge in [0.2, 0.25) is 5.88 Å². The van der Waals surface area contributed by atoms with Crippen molar-refractivity contribution in [2.75, 3.05) is 5.73 Å². The predicted octanol–water partition coefficient (Wildman–Crippen LogP) is 5.33. The first-order valence-electron chi connectivity index (χ1n) is 9.74. The Morgan fingerprint density at radius 2 is 1.57 bits per heavy atom. The van der Waals surface area contributed by atoms with Crippen molar-refractivity contribution in [3.05, 3.63) is 83.9 Å². The number of benzene rings is 3. The van der Waals surface area contributed by atoms with Crippen molar-refractivity contribution in [3.8, 4) is 34.0 Å². The van der Waals surface area contributed by atoms with Crippen molar-refractivity contribution in [1.82, 2.24) is 9.78 Å². The van der Waals surface area contributed by atoms with Gasteiger partial charge in [0, 0.05) is 18.2 Å². The van der Waals surface area contributed by atoms with Crippen molar-refractivity contribution in [2.45, 2.75) is 20.8 Å². The fourth-order valence-corrected chi connectivity index (χ4v) is 3.39. The van der Waals surface area contributed by atoms with Crippen LogP contribution in [0.3, 0.4) is 0 Å². The molecule has 4 rings (SSSR count). The molecule has 0 radical (unpaired) electrons. The van der Waals surface area contributed by atoms with Gasteiger partial charge >= 0.3 is 5.97 Å². The number of anilines is 1. The molecule has 0 fully saturated rings. The molecule has 0 saturated carbocycles. The van der Waals surface area contributed by atoms with Crippen molar-refractivity contribution in [1.29, 1.82) is 0 Å². The minimum Gasteiger partial charge on any atom is -0.407 e. The number of hydrogen-bond acceptors (Lipinski definition) is 4. The molecule has 0 bridgehead atoms. The molecule has 0 unspecified atom stereocenters. The van der Waals surface area contributed by atoms with E-state index in [0.717, 1.165) is 39.2 Å². The topological polar surface area (TPSA) is 70.1 Å². The van der Waals surface area contributed by atoms with Gasteiger partial charge in [-0.15, -0.1) is 0 Å². The smallest absolute Gasteiger partial charge is 0.309 e. The van der Waals surface area contributed by atoms with Crippen LogP contribution in [0, 0.1) is 13.8 Å². The number of nitrogens with two attached hydrogens (primary N) is 1. The molecule has 0 aliphatic heterocycles. The number of esters is 1. The second kappa shape index (κ2) is 7.87. The van der Waals surface area contributed by atoms with Gasteiger partial charge in [-0.1, -0.05) is 54.1 Å². The Hall–Kier alpha value is -3.86. The Morgan fingerprint density at radius 3 is 2.20 bits per heavy atom. The summed E-state index contributed by atoms with van der Waals surface area (Å²) >= 11 is 0. The molecule has 5 nitrogen and oxygen atoms in total. The number of aromatic nitrogens is 2. The summed E-state index contributed by atoms with van der Waals surface area (Å²) in [6.45, 7) is 5.45. The zero-order valence-electron chi connectivity index (χ0n) is 17.2. The van der Waals surface area contributed by atoms with Crippen LogP contribution >= 0.6 is 0 Å². The Kier molecular flexibility index (Phi) is 5.11. The Labute approximate surface area is 175 Å². The van der Waals surface area contributed by atoms with E-state index in [-0.39, 0.29) is 0 Å².